The van der Waals surface area contributed by atoms with E-state index >= 15 is 0 Å². The number of carbonyl (C=O) groups is 1. The average molecular weight is 397 g/mol. The molecule has 0 radical (unpaired) electrons. The van der Waals surface area contributed by atoms with Crippen molar-refractivity contribution in [1.29, 1.82) is 0 Å². The van der Waals surface area contributed by atoms with Crippen LogP contribution in [0.1, 0.15) is 18.0 Å². The van der Waals surface area contributed by atoms with Crippen molar-refractivity contribution in [3.63, 3.8) is 0 Å². The van der Waals surface area contributed by atoms with Crippen LogP contribution in [0.15, 0.2) is 51.8 Å². The molecule has 0 saturated carbocycles. The third-order valence-electron chi connectivity index (χ3n) is 3.69. The summed E-state index contributed by atoms with van der Waals surface area (Å²) in [4.78, 5) is 26.1. The van der Waals surface area contributed by atoms with Gasteiger partial charge in [0, 0.05) is 18.0 Å². The highest BCUT2D eigenvalue weighted by molar-refractivity contribution is 7.13. The number of hydrogen-bond donors (Lipinski definition) is 1. The molecule has 27 heavy (non-hydrogen) atoms. The van der Waals surface area contributed by atoms with Crippen molar-refractivity contribution in [2.45, 2.75) is 19.4 Å². The predicted octanol–water partition coefficient (Wildman–Crippen LogP) is 3.57. The van der Waals surface area contributed by atoms with E-state index in [9.17, 15) is 4.79 Å². The number of rotatable bonds is 7. The van der Waals surface area contributed by atoms with Crippen LogP contribution >= 0.6 is 22.7 Å². The molecule has 1 amide bonds. The molecule has 0 spiro atoms. The maximum Gasteiger partial charge on any atom is 0.246 e. The van der Waals surface area contributed by atoms with Gasteiger partial charge < -0.3 is 9.84 Å². The molecule has 0 fully saturated rings. The van der Waals surface area contributed by atoms with Gasteiger partial charge in [0.15, 0.2) is 0 Å². The molecule has 136 valence electrons. The molecule has 0 saturated heterocycles. The standard InChI is InChI=1S/C18H15N5O2S2/c24-15(20-10-16-22-17(23-25-16)14-5-3-9-26-14)7-6-12-11-27-18(21-12)13-4-1-2-8-19-13/h1-5,8-9,11H,6-7,10H2,(H,20,24). The van der Waals surface area contributed by atoms with Gasteiger partial charge in [0.25, 0.3) is 0 Å². The van der Waals surface area contributed by atoms with E-state index in [1.165, 1.54) is 22.7 Å². The van der Waals surface area contributed by atoms with Crippen LogP contribution in [0.3, 0.4) is 0 Å². The van der Waals surface area contributed by atoms with Crippen LogP contribution in [0.2, 0.25) is 0 Å². The Labute approximate surface area is 163 Å². The van der Waals surface area contributed by atoms with Crippen molar-refractivity contribution in [2.75, 3.05) is 0 Å². The Morgan fingerprint density at radius 3 is 2.93 bits per heavy atom. The van der Waals surface area contributed by atoms with E-state index in [0.29, 0.717) is 24.6 Å². The van der Waals surface area contributed by atoms with Crippen molar-refractivity contribution in [2.24, 2.45) is 0 Å². The zero-order valence-corrected chi connectivity index (χ0v) is 15.8. The summed E-state index contributed by atoms with van der Waals surface area (Å²) in [5.41, 5.74) is 1.73. The summed E-state index contributed by atoms with van der Waals surface area (Å²) in [5.74, 6) is 0.842. The molecule has 4 heterocycles. The molecule has 0 atom stereocenters. The second kappa shape index (κ2) is 8.19. The smallest absolute Gasteiger partial charge is 0.246 e. The molecule has 0 aliphatic carbocycles. The first-order valence-electron chi connectivity index (χ1n) is 8.27. The van der Waals surface area contributed by atoms with Crippen molar-refractivity contribution in [3.8, 4) is 21.4 Å². The quantitative estimate of drug-likeness (QED) is 0.512. The van der Waals surface area contributed by atoms with E-state index in [4.69, 9.17) is 4.52 Å². The molecule has 0 aliphatic heterocycles. The Bertz CT molecular complexity index is 1010. The summed E-state index contributed by atoms with van der Waals surface area (Å²) in [7, 11) is 0. The number of carbonyl (C=O) groups excluding carboxylic acids is 1. The Balaban J connectivity index is 1.26. The number of aryl methyl sites for hydroxylation is 1. The van der Waals surface area contributed by atoms with Crippen LogP contribution in [0.5, 0.6) is 0 Å². The van der Waals surface area contributed by atoms with Crippen LogP contribution in [0.4, 0.5) is 0 Å². The highest BCUT2D eigenvalue weighted by Crippen LogP contribution is 2.22. The highest BCUT2D eigenvalue weighted by Gasteiger charge is 2.11. The largest absolute Gasteiger partial charge is 0.347 e. The minimum atomic E-state index is -0.0849. The molecule has 0 aliphatic rings. The van der Waals surface area contributed by atoms with Crippen LogP contribution in [0, 0.1) is 0 Å². The van der Waals surface area contributed by atoms with E-state index in [2.05, 4.69) is 25.4 Å². The lowest BCUT2D eigenvalue weighted by Crippen LogP contribution is -2.23. The van der Waals surface area contributed by atoms with Crippen LogP contribution in [-0.4, -0.2) is 26.0 Å². The molecule has 4 rings (SSSR count). The SMILES string of the molecule is O=C(CCc1csc(-c2ccccn2)n1)NCc1nc(-c2cccs2)no1. The molecule has 0 aromatic carbocycles. The zero-order valence-electron chi connectivity index (χ0n) is 14.2. The van der Waals surface area contributed by atoms with E-state index in [1.54, 1.807) is 6.20 Å². The third kappa shape index (κ3) is 4.44. The number of amides is 1. The van der Waals surface area contributed by atoms with Crippen LogP contribution < -0.4 is 5.32 Å². The molecule has 0 unspecified atom stereocenters. The van der Waals surface area contributed by atoms with Crippen LogP contribution in [-0.2, 0) is 17.8 Å². The lowest BCUT2D eigenvalue weighted by molar-refractivity contribution is -0.121. The lowest BCUT2D eigenvalue weighted by atomic mass is 10.2. The van der Waals surface area contributed by atoms with E-state index < -0.39 is 0 Å². The van der Waals surface area contributed by atoms with Gasteiger partial charge in [-0.25, -0.2) is 4.98 Å². The predicted molar refractivity (Wildman–Crippen MR) is 103 cm³/mol. The number of hydrogen-bond acceptors (Lipinski definition) is 8. The minimum absolute atomic E-state index is 0.0849. The Hall–Kier alpha value is -2.91. The van der Waals surface area contributed by atoms with Gasteiger partial charge in [0.1, 0.15) is 5.01 Å². The third-order valence-corrected chi connectivity index (χ3v) is 5.47. The van der Waals surface area contributed by atoms with Gasteiger partial charge in [0.05, 0.1) is 22.8 Å². The molecular formula is C18H15N5O2S2. The van der Waals surface area contributed by atoms with Gasteiger partial charge in [-0.15, -0.1) is 22.7 Å². The summed E-state index contributed by atoms with van der Waals surface area (Å²) >= 11 is 3.07. The van der Waals surface area contributed by atoms with Gasteiger partial charge in [-0.3, -0.25) is 9.78 Å². The number of pyridine rings is 1. The first kappa shape index (κ1) is 17.5. The Morgan fingerprint density at radius 2 is 2.11 bits per heavy atom. The Kier molecular flexibility index (Phi) is 5.31. The van der Waals surface area contributed by atoms with E-state index in [1.807, 2.05) is 41.1 Å². The second-order valence-electron chi connectivity index (χ2n) is 5.62. The number of nitrogens with zero attached hydrogens (tertiary/aromatic N) is 4. The fourth-order valence-electron chi connectivity index (χ4n) is 2.37. The number of aromatic nitrogens is 4. The summed E-state index contributed by atoms with van der Waals surface area (Å²) < 4.78 is 5.17. The van der Waals surface area contributed by atoms with Gasteiger partial charge in [-0.2, -0.15) is 4.98 Å². The molecule has 1 N–H and O–H groups in total. The van der Waals surface area contributed by atoms with Gasteiger partial charge in [0.2, 0.25) is 17.6 Å². The normalized spacial score (nSPS) is 10.8. The molecule has 4 aromatic rings. The van der Waals surface area contributed by atoms with Crippen molar-refractivity contribution in [3.05, 3.63) is 58.9 Å². The lowest BCUT2D eigenvalue weighted by Gasteiger charge is -2.00. The van der Waals surface area contributed by atoms with E-state index in [0.717, 1.165) is 21.3 Å². The first-order valence-corrected chi connectivity index (χ1v) is 10.0. The topological polar surface area (TPSA) is 93.8 Å². The monoisotopic (exact) mass is 397 g/mol. The van der Waals surface area contributed by atoms with Crippen molar-refractivity contribution in [1.82, 2.24) is 25.4 Å². The second-order valence-corrected chi connectivity index (χ2v) is 7.43. The van der Waals surface area contributed by atoms with E-state index in [-0.39, 0.29) is 12.5 Å². The molecule has 7 nitrogen and oxygen atoms in total. The minimum Gasteiger partial charge on any atom is -0.347 e. The number of nitrogens with one attached hydrogen (secondary N) is 1. The maximum absolute atomic E-state index is 12.1. The van der Waals surface area contributed by atoms with Gasteiger partial charge >= 0.3 is 0 Å². The molecule has 0 bridgehead atoms. The zero-order chi connectivity index (χ0) is 18.5. The molecule has 9 heteroatoms. The van der Waals surface area contributed by atoms with Gasteiger partial charge in [-0.05, 0) is 30.0 Å². The fraction of sp³-hybridized carbons (Fsp3) is 0.167. The molecular weight excluding hydrogens is 382 g/mol. The highest BCUT2D eigenvalue weighted by atomic mass is 32.1. The maximum atomic E-state index is 12.1. The van der Waals surface area contributed by atoms with Crippen molar-refractivity contribution < 1.29 is 9.32 Å². The van der Waals surface area contributed by atoms with Crippen LogP contribution in [0.25, 0.3) is 21.4 Å². The molecule has 4 aromatic heterocycles. The summed E-state index contributed by atoms with van der Waals surface area (Å²) in [6.45, 7) is 0.216. The van der Waals surface area contributed by atoms with Gasteiger partial charge in [-0.1, -0.05) is 17.3 Å². The first-order chi connectivity index (χ1) is 13.3. The fourth-order valence-corrected chi connectivity index (χ4v) is 3.84. The number of thiophene rings is 1. The Morgan fingerprint density at radius 1 is 1.15 bits per heavy atom. The van der Waals surface area contributed by atoms with Crippen molar-refractivity contribution >= 4 is 28.6 Å². The summed E-state index contributed by atoms with van der Waals surface area (Å²) in [5, 5.41) is 11.5. The number of thiazole rings is 1. The summed E-state index contributed by atoms with van der Waals surface area (Å²) in [6.07, 6.45) is 2.65. The average Bonchev–Trinajstić information content (AvgIpc) is 3.47. The summed E-state index contributed by atoms with van der Waals surface area (Å²) in [6, 6.07) is 9.57.